The van der Waals surface area contributed by atoms with Gasteiger partial charge in [-0.05, 0) is 0 Å². The van der Waals surface area contributed by atoms with E-state index in [0.29, 0.717) is 0 Å². The van der Waals surface area contributed by atoms with Crippen LogP contribution in [-0.2, 0) is 19.4 Å². The summed E-state index contributed by atoms with van der Waals surface area (Å²) in [4.78, 5) is 10.3. The van der Waals surface area contributed by atoms with Crippen LogP contribution in [0.3, 0.4) is 0 Å². The highest BCUT2D eigenvalue weighted by Gasteiger charge is 2.14. The van der Waals surface area contributed by atoms with E-state index >= 15 is 0 Å². The fourth-order valence-corrected chi connectivity index (χ4v) is 0.852. The van der Waals surface area contributed by atoms with Crippen LogP contribution in [-0.4, -0.2) is 38.3 Å². The lowest BCUT2D eigenvalue weighted by molar-refractivity contribution is -0.137. The number of sulfone groups is 1. The van der Waals surface area contributed by atoms with Crippen LogP contribution >= 0.6 is 0 Å². The maximum Gasteiger partial charge on any atom is 0.320 e. The minimum Gasteiger partial charge on any atom is -0.468 e. The molecule has 0 aliphatic heterocycles. The van der Waals surface area contributed by atoms with Crippen LogP contribution in [0.2, 0.25) is 0 Å². The molecule has 0 aliphatic rings. The zero-order valence-corrected chi connectivity index (χ0v) is 6.22. The Morgan fingerprint density at radius 1 is 1.60 bits per heavy atom. The zero-order valence-electron chi connectivity index (χ0n) is 5.40. The average molecular weight is 168 g/mol. The van der Waals surface area contributed by atoms with Gasteiger partial charge in [0.2, 0.25) is 0 Å². The molecule has 0 saturated carbocycles. The highest BCUT2D eigenvalue weighted by Crippen LogP contribution is 1.88. The van der Waals surface area contributed by atoms with Gasteiger partial charge in [-0.3, -0.25) is 4.79 Å². The molecule has 0 aromatic carbocycles. The number of hydrogen-bond donors (Lipinski definition) is 1. The van der Waals surface area contributed by atoms with Gasteiger partial charge in [0.25, 0.3) is 0 Å². The molecule has 0 aromatic rings. The molecule has 0 saturated heterocycles. The number of esters is 1. The molecule has 0 heterocycles. The van der Waals surface area contributed by atoms with E-state index in [9.17, 15) is 13.2 Å². The Balaban J connectivity index is 4.03. The lowest BCUT2D eigenvalue weighted by Crippen LogP contribution is -2.19. The van der Waals surface area contributed by atoms with Crippen LogP contribution in [0, 0.1) is 0 Å². The molecule has 0 bridgehead atoms. The lowest BCUT2D eigenvalue weighted by atomic mass is 10.8. The summed E-state index contributed by atoms with van der Waals surface area (Å²) in [5.74, 6) is -2.66. The minimum atomic E-state index is -3.65. The number of rotatable bonds is 3. The largest absolute Gasteiger partial charge is 0.468 e. The predicted molar refractivity (Wildman–Crippen MR) is 32.9 cm³/mol. The van der Waals surface area contributed by atoms with E-state index in [-0.39, 0.29) is 0 Å². The predicted octanol–water partition coefficient (Wildman–Crippen LogP) is -1.48. The highest BCUT2D eigenvalue weighted by molar-refractivity contribution is 7.91. The quantitative estimate of drug-likeness (QED) is 0.520. The molecule has 1 N–H and O–H groups in total. The van der Waals surface area contributed by atoms with E-state index in [2.05, 4.69) is 4.74 Å². The summed E-state index contributed by atoms with van der Waals surface area (Å²) in [6, 6.07) is 0. The Hall–Kier alpha value is -0.620. The number of carbonyl (C=O) groups is 1. The third kappa shape index (κ3) is 3.41. The number of hydrogen-bond acceptors (Lipinski definition) is 5. The van der Waals surface area contributed by atoms with Crippen molar-refractivity contribution in [3.8, 4) is 0 Å². The molecule has 5 nitrogen and oxygen atoms in total. The average Bonchev–Trinajstić information content (AvgIpc) is 1.87. The van der Waals surface area contributed by atoms with E-state index in [1.165, 1.54) is 0 Å². The van der Waals surface area contributed by atoms with Gasteiger partial charge in [-0.15, -0.1) is 0 Å². The molecule has 0 atom stereocenters. The van der Waals surface area contributed by atoms with Crippen molar-refractivity contribution in [2.24, 2.45) is 0 Å². The van der Waals surface area contributed by atoms with Gasteiger partial charge in [0.15, 0.2) is 15.6 Å². The number of aliphatic hydroxyl groups excluding tert-OH is 1. The van der Waals surface area contributed by atoms with Crippen molar-refractivity contribution in [1.82, 2.24) is 0 Å². The normalized spacial score (nSPS) is 11.0. The first-order valence-corrected chi connectivity index (χ1v) is 4.22. The monoisotopic (exact) mass is 168 g/mol. The molecule has 10 heavy (non-hydrogen) atoms. The van der Waals surface area contributed by atoms with Gasteiger partial charge in [0, 0.05) is 0 Å². The summed E-state index contributed by atoms with van der Waals surface area (Å²) in [7, 11) is -2.57. The topological polar surface area (TPSA) is 80.7 Å². The number of methoxy groups -OCH3 is 1. The van der Waals surface area contributed by atoms with Gasteiger partial charge in [-0.2, -0.15) is 0 Å². The first kappa shape index (κ1) is 9.38. The van der Waals surface area contributed by atoms with Crippen LogP contribution in [0.15, 0.2) is 0 Å². The number of ether oxygens (including phenoxy) is 1. The molecule has 0 unspecified atom stereocenters. The van der Waals surface area contributed by atoms with Gasteiger partial charge in [-0.1, -0.05) is 0 Å². The maximum absolute atomic E-state index is 10.4. The van der Waals surface area contributed by atoms with Crippen molar-refractivity contribution in [2.45, 2.75) is 0 Å². The van der Waals surface area contributed by atoms with Crippen LogP contribution in [0.1, 0.15) is 0 Å². The van der Waals surface area contributed by atoms with Gasteiger partial charge >= 0.3 is 5.97 Å². The zero-order chi connectivity index (χ0) is 8.20. The lowest BCUT2D eigenvalue weighted by Gasteiger charge is -1.96. The third-order valence-corrected chi connectivity index (χ3v) is 1.83. The molecule has 0 aromatic heterocycles. The summed E-state index contributed by atoms with van der Waals surface area (Å²) in [5.41, 5.74) is 0. The second-order valence-corrected chi connectivity index (χ2v) is 3.63. The van der Waals surface area contributed by atoms with Crippen LogP contribution in [0.25, 0.3) is 0 Å². The van der Waals surface area contributed by atoms with Crippen molar-refractivity contribution in [3.63, 3.8) is 0 Å². The number of aliphatic hydroxyl groups is 1. The fraction of sp³-hybridized carbons (Fsp3) is 0.750. The van der Waals surface area contributed by atoms with Crippen LogP contribution in [0.5, 0.6) is 0 Å². The Kier molecular flexibility index (Phi) is 3.31. The Labute approximate surface area is 58.5 Å². The maximum atomic E-state index is 10.4. The van der Waals surface area contributed by atoms with Gasteiger partial charge in [0.1, 0.15) is 5.94 Å². The first-order chi connectivity index (χ1) is 4.52. The van der Waals surface area contributed by atoms with Crippen LogP contribution in [0.4, 0.5) is 0 Å². The van der Waals surface area contributed by atoms with Crippen molar-refractivity contribution in [2.75, 3.05) is 18.8 Å². The Morgan fingerprint density at radius 2 is 2.10 bits per heavy atom. The summed E-state index contributed by atoms with van der Waals surface area (Å²) < 4.78 is 24.9. The molecule has 0 aliphatic carbocycles. The van der Waals surface area contributed by atoms with E-state index in [0.717, 1.165) is 7.11 Å². The van der Waals surface area contributed by atoms with E-state index in [1.54, 1.807) is 0 Å². The fourth-order valence-electron chi connectivity index (χ4n) is 0.284. The summed E-state index contributed by atoms with van der Waals surface area (Å²) in [6.45, 7) is 0. The minimum absolute atomic E-state index is 0.764. The second-order valence-electron chi connectivity index (χ2n) is 1.59. The summed E-state index contributed by atoms with van der Waals surface area (Å²) in [6.07, 6.45) is 0. The molecule has 0 spiro atoms. The standard InChI is InChI=1S/C4H8O5S/c1-9-4(6)2-10(7,8)3-5/h5H,2-3H2,1H3. The van der Waals surface area contributed by atoms with Gasteiger partial charge in [0.05, 0.1) is 7.11 Å². The van der Waals surface area contributed by atoms with Crippen molar-refractivity contribution >= 4 is 15.8 Å². The van der Waals surface area contributed by atoms with Gasteiger partial charge < -0.3 is 9.84 Å². The molecule has 0 amide bonds. The summed E-state index contributed by atoms with van der Waals surface area (Å²) in [5, 5.41) is 8.14. The molecule has 60 valence electrons. The summed E-state index contributed by atoms with van der Waals surface area (Å²) >= 11 is 0. The Morgan fingerprint density at radius 3 is 2.40 bits per heavy atom. The second kappa shape index (κ2) is 3.52. The highest BCUT2D eigenvalue weighted by atomic mass is 32.2. The van der Waals surface area contributed by atoms with E-state index in [4.69, 9.17) is 5.11 Å². The molecule has 0 rings (SSSR count). The molecular weight excluding hydrogens is 160 g/mol. The smallest absolute Gasteiger partial charge is 0.320 e. The van der Waals surface area contributed by atoms with Crippen molar-refractivity contribution in [1.29, 1.82) is 0 Å². The molecule has 0 fully saturated rings. The first-order valence-electron chi connectivity index (χ1n) is 2.40. The third-order valence-electron chi connectivity index (χ3n) is 0.762. The van der Waals surface area contributed by atoms with Gasteiger partial charge in [-0.25, -0.2) is 8.42 Å². The van der Waals surface area contributed by atoms with E-state index < -0.39 is 27.5 Å². The number of carbonyl (C=O) groups excluding carboxylic acids is 1. The SMILES string of the molecule is COC(=O)CS(=O)(=O)CO. The van der Waals surface area contributed by atoms with Crippen molar-refractivity contribution < 1.29 is 23.1 Å². The van der Waals surface area contributed by atoms with Crippen molar-refractivity contribution in [3.05, 3.63) is 0 Å². The Bertz CT molecular complexity index is 204. The molecular formula is C4H8O5S. The van der Waals surface area contributed by atoms with E-state index in [1.807, 2.05) is 0 Å². The molecule has 6 heteroatoms. The van der Waals surface area contributed by atoms with Crippen LogP contribution < -0.4 is 0 Å². The molecule has 0 radical (unpaired) electrons.